The van der Waals surface area contributed by atoms with Gasteiger partial charge in [0.2, 0.25) is 0 Å². The molecule has 3 rings (SSSR count). The Morgan fingerprint density at radius 1 is 0.742 bits per heavy atom. The summed E-state index contributed by atoms with van der Waals surface area (Å²) < 4.78 is 5.86. The lowest BCUT2D eigenvalue weighted by atomic mass is 10.1. The number of nitrogens with zero attached hydrogens (tertiary/aromatic N) is 2. The predicted molar refractivity (Wildman–Crippen MR) is 123 cm³/mol. The van der Waals surface area contributed by atoms with Gasteiger partial charge < -0.3 is 19.6 Å². The van der Waals surface area contributed by atoms with Crippen molar-refractivity contribution >= 4 is 5.97 Å². The molecule has 0 spiro atoms. The van der Waals surface area contributed by atoms with E-state index < -0.39 is 5.97 Å². The van der Waals surface area contributed by atoms with Crippen LogP contribution in [0.15, 0.2) is 78.9 Å². The van der Waals surface area contributed by atoms with Crippen LogP contribution in [0.4, 0.5) is 0 Å². The van der Waals surface area contributed by atoms with Crippen LogP contribution >= 0.6 is 0 Å². The van der Waals surface area contributed by atoms with Crippen LogP contribution in [0.3, 0.4) is 0 Å². The molecule has 0 saturated heterocycles. The van der Waals surface area contributed by atoms with Crippen molar-refractivity contribution in [2.45, 2.75) is 19.7 Å². The molecule has 5 nitrogen and oxygen atoms in total. The van der Waals surface area contributed by atoms with Crippen LogP contribution in [0, 0.1) is 0 Å². The number of benzene rings is 3. The highest BCUT2D eigenvalue weighted by Gasteiger charge is 2.06. The van der Waals surface area contributed by atoms with Gasteiger partial charge in [0, 0.05) is 26.2 Å². The Bertz CT molecular complexity index is 941. The molecule has 0 radical (unpaired) electrons. The summed E-state index contributed by atoms with van der Waals surface area (Å²) in [7, 11) is 4.20. The van der Waals surface area contributed by atoms with Gasteiger partial charge in [-0.1, -0.05) is 54.6 Å². The monoisotopic (exact) mass is 418 g/mol. The van der Waals surface area contributed by atoms with Crippen LogP contribution in [0.25, 0.3) is 0 Å². The molecule has 0 amide bonds. The number of rotatable bonds is 11. The third-order valence-corrected chi connectivity index (χ3v) is 5.14. The topological polar surface area (TPSA) is 53.0 Å². The number of carboxylic acid groups (broad SMARTS) is 1. The van der Waals surface area contributed by atoms with E-state index in [2.05, 4.69) is 48.2 Å². The molecule has 0 unspecified atom stereocenters. The van der Waals surface area contributed by atoms with Crippen LogP contribution < -0.4 is 4.74 Å². The summed E-state index contributed by atoms with van der Waals surface area (Å²) >= 11 is 0. The number of hydrogen-bond donors (Lipinski definition) is 1. The minimum atomic E-state index is -0.891. The van der Waals surface area contributed by atoms with Crippen molar-refractivity contribution in [1.29, 1.82) is 0 Å². The van der Waals surface area contributed by atoms with Crippen molar-refractivity contribution in [1.82, 2.24) is 9.80 Å². The van der Waals surface area contributed by atoms with Gasteiger partial charge in [-0.25, -0.2) is 4.79 Å². The van der Waals surface area contributed by atoms with Crippen molar-refractivity contribution in [3.63, 3.8) is 0 Å². The van der Waals surface area contributed by atoms with E-state index in [4.69, 9.17) is 9.84 Å². The van der Waals surface area contributed by atoms with Crippen molar-refractivity contribution in [2.24, 2.45) is 0 Å². The number of ether oxygens (including phenoxy) is 1. The number of aromatic carboxylic acids is 1. The van der Waals surface area contributed by atoms with Gasteiger partial charge in [0.15, 0.2) is 0 Å². The van der Waals surface area contributed by atoms with E-state index in [-0.39, 0.29) is 0 Å². The Morgan fingerprint density at radius 2 is 1.26 bits per heavy atom. The quantitative estimate of drug-likeness (QED) is 0.496. The third kappa shape index (κ3) is 7.55. The zero-order valence-corrected chi connectivity index (χ0v) is 18.2. The highest BCUT2D eigenvalue weighted by atomic mass is 16.5. The second-order valence-corrected chi connectivity index (χ2v) is 7.90. The first kappa shape index (κ1) is 22.5. The molecule has 0 aliphatic heterocycles. The second kappa shape index (κ2) is 11.3. The molecule has 0 heterocycles. The van der Waals surface area contributed by atoms with E-state index in [0.29, 0.717) is 12.2 Å². The van der Waals surface area contributed by atoms with Gasteiger partial charge in [-0.15, -0.1) is 0 Å². The molecule has 0 fully saturated rings. The first-order valence-electron chi connectivity index (χ1n) is 10.4. The molecule has 5 heteroatoms. The van der Waals surface area contributed by atoms with Crippen LogP contribution in [0.5, 0.6) is 5.75 Å². The molecular formula is C26H30N2O3. The van der Waals surface area contributed by atoms with Gasteiger partial charge in [-0.2, -0.15) is 0 Å². The van der Waals surface area contributed by atoms with Crippen LogP contribution in [0.2, 0.25) is 0 Å². The lowest BCUT2D eigenvalue weighted by molar-refractivity contribution is 0.0697. The normalized spacial score (nSPS) is 11.1. The highest BCUT2D eigenvalue weighted by Crippen LogP contribution is 2.15. The van der Waals surface area contributed by atoms with Gasteiger partial charge in [0.25, 0.3) is 0 Å². The summed E-state index contributed by atoms with van der Waals surface area (Å²) in [5.74, 6) is -0.0128. The molecule has 0 saturated carbocycles. The molecule has 0 aliphatic rings. The summed E-state index contributed by atoms with van der Waals surface area (Å²) in [6.45, 7) is 4.11. The van der Waals surface area contributed by atoms with Gasteiger partial charge >= 0.3 is 5.97 Å². The molecule has 1 N–H and O–H groups in total. The van der Waals surface area contributed by atoms with Crippen LogP contribution in [-0.2, 0) is 19.7 Å². The Hall–Kier alpha value is -3.15. The van der Waals surface area contributed by atoms with Crippen molar-refractivity contribution in [2.75, 3.05) is 27.2 Å². The lowest BCUT2D eigenvalue weighted by Gasteiger charge is -2.22. The molecule has 0 aromatic heterocycles. The molecule has 0 atom stereocenters. The minimum absolute atomic E-state index is 0.322. The number of hydrogen-bond acceptors (Lipinski definition) is 4. The standard InChI is InChI=1S/C26H30N2O3/c1-27(18-21-8-12-24(13-9-21)26(29)30)16-17-28(2)19-22-10-14-25(15-11-22)31-20-23-6-4-3-5-7-23/h3-15H,16-20H2,1-2H3,(H,29,30). The first-order chi connectivity index (χ1) is 15.0. The Kier molecular flexibility index (Phi) is 8.21. The third-order valence-electron chi connectivity index (χ3n) is 5.14. The Labute approximate surface area is 184 Å². The maximum Gasteiger partial charge on any atom is 0.335 e. The SMILES string of the molecule is CN(CCN(C)Cc1ccc(C(=O)O)cc1)Cc1ccc(OCc2ccccc2)cc1. The molecule has 3 aromatic carbocycles. The van der Waals surface area contributed by atoms with Crippen LogP contribution in [0.1, 0.15) is 27.0 Å². The fourth-order valence-electron chi connectivity index (χ4n) is 3.31. The fraction of sp³-hybridized carbons (Fsp3) is 0.269. The molecule has 0 bridgehead atoms. The number of carbonyl (C=O) groups is 1. The average Bonchev–Trinajstić information content (AvgIpc) is 2.78. The molecule has 162 valence electrons. The molecule has 31 heavy (non-hydrogen) atoms. The summed E-state index contributed by atoms with van der Waals surface area (Å²) in [6.07, 6.45) is 0. The van der Waals surface area contributed by atoms with E-state index >= 15 is 0 Å². The van der Waals surface area contributed by atoms with Gasteiger partial charge in [-0.05, 0) is 55.1 Å². The zero-order valence-electron chi connectivity index (χ0n) is 18.2. The van der Waals surface area contributed by atoms with E-state index in [9.17, 15) is 4.79 Å². The molecule has 3 aromatic rings. The van der Waals surface area contributed by atoms with E-state index in [0.717, 1.165) is 43.1 Å². The summed E-state index contributed by atoms with van der Waals surface area (Å²) in [6, 6.07) is 25.5. The number of likely N-dealkylation sites (N-methyl/N-ethyl adjacent to an activating group) is 2. The smallest absolute Gasteiger partial charge is 0.335 e. The number of carboxylic acids is 1. The maximum atomic E-state index is 10.9. The summed E-state index contributed by atoms with van der Waals surface area (Å²) in [5, 5.41) is 8.99. The maximum absolute atomic E-state index is 10.9. The predicted octanol–water partition coefficient (Wildman–Crippen LogP) is 4.53. The Morgan fingerprint density at radius 3 is 1.77 bits per heavy atom. The van der Waals surface area contributed by atoms with E-state index in [1.165, 1.54) is 5.56 Å². The minimum Gasteiger partial charge on any atom is -0.489 e. The van der Waals surface area contributed by atoms with Crippen molar-refractivity contribution in [3.8, 4) is 5.75 Å². The van der Waals surface area contributed by atoms with Crippen molar-refractivity contribution in [3.05, 3.63) is 101 Å². The highest BCUT2D eigenvalue weighted by molar-refractivity contribution is 5.87. The molecular weight excluding hydrogens is 388 g/mol. The Balaban J connectivity index is 1.39. The van der Waals surface area contributed by atoms with Crippen molar-refractivity contribution < 1.29 is 14.6 Å². The summed E-state index contributed by atoms with van der Waals surface area (Å²) in [4.78, 5) is 15.5. The lowest BCUT2D eigenvalue weighted by Crippen LogP contribution is -2.30. The zero-order chi connectivity index (χ0) is 22.1. The van der Waals surface area contributed by atoms with E-state index in [1.54, 1.807) is 12.1 Å². The van der Waals surface area contributed by atoms with Crippen LogP contribution in [-0.4, -0.2) is 48.1 Å². The van der Waals surface area contributed by atoms with Gasteiger partial charge in [0.1, 0.15) is 12.4 Å². The first-order valence-corrected chi connectivity index (χ1v) is 10.4. The van der Waals surface area contributed by atoms with Gasteiger partial charge in [0.05, 0.1) is 5.56 Å². The fourth-order valence-corrected chi connectivity index (χ4v) is 3.31. The second-order valence-electron chi connectivity index (χ2n) is 7.90. The van der Waals surface area contributed by atoms with E-state index in [1.807, 2.05) is 42.5 Å². The van der Waals surface area contributed by atoms with Gasteiger partial charge in [-0.3, -0.25) is 0 Å². The average molecular weight is 419 g/mol. The largest absolute Gasteiger partial charge is 0.489 e. The molecule has 0 aliphatic carbocycles. The summed E-state index contributed by atoms with van der Waals surface area (Å²) in [5.41, 5.74) is 3.85.